The standard InChI is InChI=1S/C116H90N2/c1-7-25-116(118(107-68-60-91(61-69-107)111-37-22-21-36-110(111)88-28-15-12-16-29-88)106-66-58-86(59-67-106)99-53-50-93-48-46-90-31-18-20-39-113(90)115(93)78-99)80(6)79(5)40-41-81-42-43-87-44-51-97(73-101(87)70-81)103-74-102(96-34-24-35-100(72-96)109(10-4)82(8-2)9-3)75-108(76-103)117(104-62-54-84(55-63-104)95-33-23-32-94(71-95)83-26-13-11-14-27-83)105-64-56-85(57-65-105)98-52-49-92-47-45-89-30-17-19-38-112(89)114(92)77-98/h7-24,26-39,42-78,82,109,116H,1-6,25,40-41H2. The van der Waals surface area contributed by atoms with Gasteiger partial charge in [0, 0.05) is 40.3 Å². The maximum Gasteiger partial charge on any atom is 0.0622 e. The molecular weight excluding hydrogens is 1420 g/mol. The maximum absolute atomic E-state index is 4.96. The lowest BCUT2D eigenvalue weighted by molar-refractivity contribution is 0.712. The summed E-state index contributed by atoms with van der Waals surface area (Å²) in [4.78, 5) is 4.86. The predicted molar refractivity (Wildman–Crippen MR) is 509 cm³/mol. The molecule has 564 valence electrons. The van der Waals surface area contributed by atoms with Crippen LogP contribution in [0, 0.1) is 5.92 Å². The summed E-state index contributed by atoms with van der Waals surface area (Å²) in [5, 5.41) is 12.2. The summed E-state index contributed by atoms with van der Waals surface area (Å²) in [6, 6.07) is 145. The minimum absolute atomic E-state index is 0.00792. The lowest BCUT2D eigenvalue weighted by Gasteiger charge is -2.36. The number of aryl methyl sites for hydroxylation is 1. The molecule has 2 nitrogen and oxygen atoms in total. The SMILES string of the molecule is C=CCC(C(=C)C(=C)CCc1ccc2ccc(-c3cc(-c4cccc(C(C=C)C(C=C)C=C)c4)cc(N(c4ccc(-c5cccc(-c6ccccc6)c5)cc4)c4ccc(-c5ccc6ccc7ccccc7c6c5)cc4)c3)cc2c1)N(c1ccc(-c2ccc3ccc4ccccc4c3c2)cc1)c1ccc(-c2ccccc2-c2ccccc2)cc1. The van der Waals surface area contributed by atoms with E-state index >= 15 is 0 Å². The van der Waals surface area contributed by atoms with Crippen molar-refractivity contribution in [2.24, 2.45) is 5.92 Å². The highest BCUT2D eigenvalue weighted by atomic mass is 15.2. The lowest BCUT2D eigenvalue weighted by Crippen LogP contribution is -2.33. The van der Waals surface area contributed by atoms with Crippen molar-refractivity contribution in [2.75, 3.05) is 9.80 Å². The Kier molecular flexibility index (Phi) is 21.1. The average Bonchev–Trinajstić information content (AvgIpc) is 0.780. The number of allylic oxidation sites excluding steroid dienone is 3. The van der Waals surface area contributed by atoms with Crippen molar-refractivity contribution in [3.8, 4) is 89.0 Å². The predicted octanol–water partition coefficient (Wildman–Crippen LogP) is 32.3. The molecular formula is C116H90N2. The fourth-order valence-electron chi connectivity index (χ4n) is 17.4. The Hall–Kier alpha value is -14.7. The molecule has 118 heavy (non-hydrogen) atoms. The number of hydrogen-bond donors (Lipinski definition) is 0. The Morgan fingerprint density at radius 3 is 1.19 bits per heavy atom. The Morgan fingerprint density at radius 2 is 0.661 bits per heavy atom. The van der Waals surface area contributed by atoms with Crippen molar-refractivity contribution in [2.45, 2.75) is 31.2 Å². The summed E-state index contributed by atoms with van der Waals surface area (Å²) in [6.07, 6.45) is 10.1. The molecule has 0 amide bonds. The minimum atomic E-state index is -0.193. The van der Waals surface area contributed by atoms with Gasteiger partial charge in [0.25, 0.3) is 0 Å². The lowest BCUT2D eigenvalue weighted by atomic mass is 9.84. The van der Waals surface area contributed by atoms with Gasteiger partial charge in [0.05, 0.1) is 6.04 Å². The number of nitrogens with zero attached hydrogens (tertiary/aromatic N) is 2. The van der Waals surface area contributed by atoms with Gasteiger partial charge in [-0.1, -0.05) is 346 Å². The summed E-state index contributed by atoms with van der Waals surface area (Å²) in [5.74, 6) is -0.00549. The Labute approximate surface area is 693 Å². The molecule has 2 unspecified atom stereocenters. The third kappa shape index (κ3) is 15.3. The van der Waals surface area contributed by atoms with Gasteiger partial charge >= 0.3 is 0 Å². The summed E-state index contributed by atoms with van der Waals surface area (Å²) in [5.41, 5.74) is 27.9. The van der Waals surface area contributed by atoms with Crippen LogP contribution in [-0.4, -0.2) is 6.04 Å². The summed E-state index contributed by atoms with van der Waals surface area (Å²) in [6.45, 7) is 27.0. The third-order valence-electron chi connectivity index (χ3n) is 23.8. The quantitative estimate of drug-likeness (QED) is 0.0303. The van der Waals surface area contributed by atoms with E-state index in [1.807, 2.05) is 24.3 Å². The van der Waals surface area contributed by atoms with Crippen molar-refractivity contribution in [3.05, 3.63) is 480 Å². The van der Waals surface area contributed by atoms with Crippen molar-refractivity contribution in [1.29, 1.82) is 0 Å². The molecule has 0 N–H and O–H groups in total. The van der Waals surface area contributed by atoms with E-state index in [9.17, 15) is 0 Å². The zero-order chi connectivity index (χ0) is 80.0. The monoisotopic (exact) mass is 1510 g/mol. The molecule has 0 aliphatic heterocycles. The molecule has 0 aliphatic rings. The van der Waals surface area contributed by atoms with Crippen molar-refractivity contribution < 1.29 is 0 Å². The first kappa shape index (κ1) is 74.7. The van der Waals surface area contributed by atoms with E-state index in [1.54, 1.807) is 0 Å². The van der Waals surface area contributed by atoms with Crippen LogP contribution in [0.5, 0.6) is 0 Å². The van der Waals surface area contributed by atoms with Crippen molar-refractivity contribution in [3.63, 3.8) is 0 Å². The second kappa shape index (κ2) is 33.4. The molecule has 18 aromatic carbocycles. The van der Waals surface area contributed by atoms with Gasteiger partial charge in [-0.2, -0.15) is 0 Å². The van der Waals surface area contributed by atoms with E-state index in [-0.39, 0.29) is 17.9 Å². The van der Waals surface area contributed by atoms with E-state index in [1.165, 1.54) is 93.0 Å². The highest BCUT2D eigenvalue weighted by molar-refractivity contribution is 6.10. The zero-order valence-electron chi connectivity index (χ0n) is 66.3. The highest BCUT2D eigenvalue weighted by Crippen LogP contribution is 2.46. The summed E-state index contributed by atoms with van der Waals surface area (Å²) in [7, 11) is 0. The van der Waals surface area contributed by atoms with Gasteiger partial charge < -0.3 is 9.80 Å². The van der Waals surface area contributed by atoms with Gasteiger partial charge in [0.2, 0.25) is 0 Å². The average molecular weight is 1510 g/mol. The molecule has 0 saturated carbocycles. The molecule has 2 atom stereocenters. The maximum atomic E-state index is 4.96. The molecule has 2 heteroatoms. The first-order valence-electron chi connectivity index (χ1n) is 40.9. The van der Waals surface area contributed by atoms with Crippen LogP contribution in [-0.2, 0) is 6.42 Å². The molecule has 0 heterocycles. The first-order chi connectivity index (χ1) is 58.1. The molecule has 0 aromatic heterocycles. The number of anilines is 5. The van der Waals surface area contributed by atoms with Gasteiger partial charge in [-0.3, -0.25) is 0 Å². The molecule has 18 aromatic rings. The van der Waals surface area contributed by atoms with Crippen molar-refractivity contribution >= 4 is 82.3 Å². The molecule has 18 rings (SSSR count). The van der Waals surface area contributed by atoms with Gasteiger partial charge in [-0.15, -0.1) is 26.3 Å². The Balaban J connectivity index is 0.691. The van der Waals surface area contributed by atoms with Gasteiger partial charge in [0.15, 0.2) is 0 Å². The second-order valence-corrected chi connectivity index (χ2v) is 31.0. The van der Waals surface area contributed by atoms with E-state index in [2.05, 4.69) is 430 Å². The van der Waals surface area contributed by atoms with E-state index in [0.29, 0.717) is 12.8 Å². The normalized spacial score (nSPS) is 11.9. The van der Waals surface area contributed by atoms with Gasteiger partial charge in [0.1, 0.15) is 0 Å². The van der Waals surface area contributed by atoms with E-state index in [0.717, 1.165) is 107 Å². The molecule has 0 radical (unpaired) electrons. The molecule has 0 fully saturated rings. The van der Waals surface area contributed by atoms with Crippen molar-refractivity contribution in [1.82, 2.24) is 0 Å². The number of benzene rings is 18. The summed E-state index contributed by atoms with van der Waals surface area (Å²) < 4.78 is 0. The minimum Gasteiger partial charge on any atom is -0.334 e. The first-order valence-corrected chi connectivity index (χ1v) is 40.9. The summed E-state index contributed by atoms with van der Waals surface area (Å²) >= 11 is 0. The Morgan fingerprint density at radius 1 is 0.271 bits per heavy atom. The van der Waals surface area contributed by atoms with Crippen LogP contribution in [0.25, 0.3) is 143 Å². The fourth-order valence-corrected chi connectivity index (χ4v) is 17.4. The topological polar surface area (TPSA) is 6.48 Å². The highest BCUT2D eigenvalue weighted by Gasteiger charge is 2.26. The van der Waals surface area contributed by atoms with Gasteiger partial charge in [-0.25, -0.2) is 0 Å². The van der Waals surface area contributed by atoms with Crippen LogP contribution in [0.1, 0.15) is 29.9 Å². The third-order valence-corrected chi connectivity index (χ3v) is 23.8. The largest absolute Gasteiger partial charge is 0.334 e. The smallest absolute Gasteiger partial charge is 0.0622 e. The van der Waals surface area contributed by atoms with Crippen LogP contribution in [0.3, 0.4) is 0 Å². The number of hydrogen-bond acceptors (Lipinski definition) is 2. The number of fused-ring (bicyclic) bond motifs is 7. The van der Waals surface area contributed by atoms with E-state index < -0.39 is 0 Å². The number of rotatable bonds is 26. The van der Waals surface area contributed by atoms with Crippen LogP contribution < -0.4 is 9.80 Å². The fraction of sp³-hybridized carbons (Fsp3) is 0.0517. The van der Waals surface area contributed by atoms with Crippen LogP contribution in [0.2, 0.25) is 0 Å². The van der Waals surface area contributed by atoms with Gasteiger partial charge in [-0.05, 0) is 270 Å². The van der Waals surface area contributed by atoms with E-state index in [4.69, 9.17) is 13.2 Å². The molecule has 0 saturated heterocycles. The molecule has 0 bridgehead atoms. The molecule has 0 aliphatic carbocycles. The Bertz CT molecular complexity index is 6820. The van der Waals surface area contributed by atoms with Crippen LogP contribution in [0.15, 0.2) is 469 Å². The van der Waals surface area contributed by atoms with Crippen LogP contribution in [0.4, 0.5) is 28.4 Å². The second-order valence-electron chi connectivity index (χ2n) is 31.0. The molecule has 0 spiro atoms. The zero-order valence-corrected chi connectivity index (χ0v) is 66.3. The van der Waals surface area contributed by atoms with Crippen LogP contribution >= 0.6 is 0 Å².